The Morgan fingerprint density at radius 3 is 1.00 bits per heavy atom. The highest BCUT2D eigenvalue weighted by Crippen LogP contribution is 2.32. The molecule has 27 heavy (non-hydrogen) atoms. The van der Waals surface area contributed by atoms with Crippen LogP contribution in [0.3, 0.4) is 0 Å². The van der Waals surface area contributed by atoms with E-state index in [1.165, 1.54) is 0 Å². The van der Waals surface area contributed by atoms with Crippen LogP contribution in [0.1, 0.15) is 41.4 Å². The summed E-state index contributed by atoms with van der Waals surface area (Å²) in [6.45, 7) is 0. The van der Waals surface area contributed by atoms with Crippen molar-refractivity contribution in [2.45, 2.75) is 0 Å². The second-order valence-corrected chi connectivity index (χ2v) is 5.19. The van der Waals surface area contributed by atoms with E-state index in [2.05, 4.69) is 0 Å². The molecule has 0 aliphatic rings. The molecule has 0 heterocycles. The molecule has 0 atom stereocenters. The van der Waals surface area contributed by atoms with Crippen molar-refractivity contribution in [3.63, 3.8) is 0 Å². The van der Waals surface area contributed by atoms with Gasteiger partial charge >= 0.3 is 23.9 Å². The fourth-order valence-electron chi connectivity index (χ4n) is 2.22. The molecule has 0 aliphatic carbocycles. The molecule has 0 bridgehead atoms. The number of nitrogens with two attached hydrogens (primary N) is 2. The molecule has 0 saturated heterocycles. The molecule has 11 nitrogen and oxygen atoms in total. The lowest BCUT2D eigenvalue weighted by Crippen LogP contribution is -2.11. The SMILES string of the molecule is Nc1c(C(=O)O)cc(Oc2cc(C(=O)O)c(N)c(C(=O)O)c2)cc1C(=O)O. The van der Waals surface area contributed by atoms with Crippen LogP contribution in [0.4, 0.5) is 11.4 Å². The maximum Gasteiger partial charge on any atom is 0.337 e. The van der Waals surface area contributed by atoms with Crippen molar-refractivity contribution >= 4 is 35.3 Å². The second kappa shape index (κ2) is 6.92. The number of aromatic carboxylic acids is 4. The van der Waals surface area contributed by atoms with E-state index < -0.39 is 57.5 Å². The van der Waals surface area contributed by atoms with Gasteiger partial charge in [0.2, 0.25) is 0 Å². The first-order valence-corrected chi connectivity index (χ1v) is 7.01. The first-order valence-electron chi connectivity index (χ1n) is 7.01. The lowest BCUT2D eigenvalue weighted by Gasteiger charge is -2.13. The van der Waals surface area contributed by atoms with E-state index in [1.54, 1.807) is 0 Å². The van der Waals surface area contributed by atoms with E-state index in [-0.39, 0.29) is 11.5 Å². The number of carboxylic acids is 4. The van der Waals surface area contributed by atoms with Gasteiger partial charge < -0.3 is 36.6 Å². The highest BCUT2D eigenvalue weighted by atomic mass is 16.5. The largest absolute Gasteiger partial charge is 0.478 e. The molecule has 0 aliphatic heterocycles. The van der Waals surface area contributed by atoms with Gasteiger partial charge in [0.05, 0.1) is 33.6 Å². The summed E-state index contributed by atoms with van der Waals surface area (Å²) in [4.78, 5) is 44.9. The van der Waals surface area contributed by atoms with Crippen molar-refractivity contribution in [2.75, 3.05) is 11.5 Å². The third kappa shape index (κ3) is 3.71. The van der Waals surface area contributed by atoms with Crippen LogP contribution in [-0.2, 0) is 0 Å². The fraction of sp³-hybridized carbons (Fsp3) is 0. The van der Waals surface area contributed by atoms with Crippen molar-refractivity contribution < 1.29 is 44.3 Å². The van der Waals surface area contributed by atoms with Crippen molar-refractivity contribution in [3.05, 3.63) is 46.5 Å². The highest BCUT2D eigenvalue weighted by molar-refractivity contribution is 6.04. The summed E-state index contributed by atoms with van der Waals surface area (Å²) in [7, 11) is 0. The Hall–Kier alpha value is -4.28. The first-order chi connectivity index (χ1) is 12.5. The van der Waals surface area contributed by atoms with Gasteiger partial charge in [-0.1, -0.05) is 0 Å². The molecule has 8 N–H and O–H groups in total. The molecule has 0 saturated carbocycles. The molecule has 2 aromatic rings. The Morgan fingerprint density at radius 1 is 0.593 bits per heavy atom. The first kappa shape index (κ1) is 19.1. The van der Waals surface area contributed by atoms with Gasteiger partial charge in [0.15, 0.2) is 0 Å². The normalized spacial score (nSPS) is 10.2. The Kier molecular flexibility index (Phi) is 4.88. The zero-order chi connectivity index (χ0) is 20.5. The monoisotopic (exact) mass is 376 g/mol. The molecule has 0 aromatic heterocycles. The lowest BCUT2D eigenvalue weighted by molar-refractivity contribution is 0.0678. The highest BCUT2D eigenvalue weighted by Gasteiger charge is 2.21. The minimum Gasteiger partial charge on any atom is -0.478 e. The number of hydrogen-bond donors (Lipinski definition) is 6. The molecule has 0 radical (unpaired) electrons. The minimum absolute atomic E-state index is 0.309. The van der Waals surface area contributed by atoms with Crippen LogP contribution in [0, 0.1) is 0 Å². The Balaban J connectivity index is 2.63. The van der Waals surface area contributed by atoms with Crippen LogP contribution >= 0.6 is 0 Å². The van der Waals surface area contributed by atoms with E-state index in [0.717, 1.165) is 24.3 Å². The summed E-state index contributed by atoms with van der Waals surface area (Å²) in [6.07, 6.45) is 0. The molecule has 2 rings (SSSR count). The quantitative estimate of drug-likeness (QED) is 0.397. The molecular weight excluding hydrogens is 364 g/mol. The van der Waals surface area contributed by atoms with Gasteiger partial charge in [0.1, 0.15) is 11.5 Å². The van der Waals surface area contributed by atoms with Crippen LogP contribution in [0.25, 0.3) is 0 Å². The van der Waals surface area contributed by atoms with Gasteiger partial charge in [-0.05, 0) is 24.3 Å². The van der Waals surface area contributed by atoms with Crippen LogP contribution in [0.2, 0.25) is 0 Å². The van der Waals surface area contributed by atoms with Gasteiger partial charge in [0, 0.05) is 0 Å². The van der Waals surface area contributed by atoms with Crippen LogP contribution in [-0.4, -0.2) is 44.3 Å². The Morgan fingerprint density at radius 2 is 0.815 bits per heavy atom. The van der Waals surface area contributed by atoms with Crippen molar-refractivity contribution in [2.24, 2.45) is 0 Å². The zero-order valence-electron chi connectivity index (χ0n) is 13.3. The third-order valence-corrected chi connectivity index (χ3v) is 3.46. The number of rotatable bonds is 6. The number of ether oxygens (including phenoxy) is 1. The summed E-state index contributed by atoms with van der Waals surface area (Å²) in [6, 6.07) is 3.67. The number of carbonyl (C=O) groups is 4. The predicted octanol–water partition coefficient (Wildman–Crippen LogP) is 1.44. The van der Waals surface area contributed by atoms with Gasteiger partial charge in [0.25, 0.3) is 0 Å². The van der Waals surface area contributed by atoms with Gasteiger partial charge in [-0.25, -0.2) is 19.2 Å². The zero-order valence-corrected chi connectivity index (χ0v) is 13.3. The van der Waals surface area contributed by atoms with E-state index in [9.17, 15) is 19.2 Å². The number of hydrogen-bond acceptors (Lipinski definition) is 7. The Bertz CT molecular complexity index is 848. The number of benzene rings is 2. The Labute approximate surface area is 150 Å². The summed E-state index contributed by atoms with van der Waals surface area (Å²) in [5.74, 6) is -6.69. The van der Waals surface area contributed by atoms with Gasteiger partial charge in [-0.15, -0.1) is 0 Å². The van der Waals surface area contributed by atoms with Crippen LogP contribution in [0.15, 0.2) is 24.3 Å². The van der Waals surface area contributed by atoms with Crippen molar-refractivity contribution in [1.29, 1.82) is 0 Å². The number of nitrogen functional groups attached to an aromatic ring is 2. The predicted molar refractivity (Wildman–Crippen MR) is 89.6 cm³/mol. The average molecular weight is 376 g/mol. The van der Waals surface area contributed by atoms with Crippen LogP contribution < -0.4 is 16.2 Å². The smallest absolute Gasteiger partial charge is 0.337 e. The van der Waals surface area contributed by atoms with E-state index in [0.29, 0.717) is 0 Å². The standard InChI is InChI=1S/C16H12N2O9/c17-11-7(13(19)20)1-5(2-8(11)14(21)22)27-6-3-9(15(23)24)12(18)10(4-6)16(25)26/h1-4H,17-18H2,(H,19,20)(H,21,22)(H,23,24)(H,25,26). The fourth-order valence-corrected chi connectivity index (χ4v) is 2.22. The maximum absolute atomic E-state index is 11.2. The van der Waals surface area contributed by atoms with Gasteiger partial charge in [-0.2, -0.15) is 0 Å². The summed E-state index contributed by atoms with van der Waals surface area (Å²) >= 11 is 0. The summed E-state index contributed by atoms with van der Waals surface area (Å²) < 4.78 is 5.29. The molecule has 0 amide bonds. The molecular formula is C16H12N2O9. The van der Waals surface area contributed by atoms with E-state index in [4.69, 9.17) is 36.6 Å². The molecule has 0 unspecified atom stereocenters. The van der Waals surface area contributed by atoms with E-state index >= 15 is 0 Å². The van der Waals surface area contributed by atoms with Crippen LogP contribution in [0.5, 0.6) is 11.5 Å². The van der Waals surface area contributed by atoms with Gasteiger partial charge in [-0.3, -0.25) is 0 Å². The molecule has 0 fully saturated rings. The lowest BCUT2D eigenvalue weighted by atomic mass is 10.1. The molecule has 140 valence electrons. The van der Waals surface area contributed by atoms with E-state index in [1.807, 2.05) is 0 Å². The molecule has 0 spiro atoms. The summed E-state index contributed by atoms with van der Waals surface area (Å²) in [5, 5.41) is 36.5. The molecule has 2 aromatic carbocycles. The average Bonchev–Trinajstić information content (AvgIpc) is 2.56. The van der Waals surface area contributed by atoms with Crippen molar-refractivity contribution in [3.8, 4) is 11.5 Å². The second-order valence-electron chi connectivity index (χ2n) is 5.19. The van der Waals surface area contributed by atoms with Crippen molar-refractivity contribution in [1.82, 2.24) is 0 Å². The summed E-state index contributed by atoms with van der Waals surface area (Å²) in [5.41, 5.74) is 7.77. The number of carboxylic acid groups (broad SMARTS) is 4. The minimum atomic E-state index is -1.52. The third-order valence-electron chi connectivity index (χ3n) is 3.46. The topological polar surface area (TPSA) is 210 Å². The number of anilines is 2. The maximum atomic E-state index is 11.2. The molecule has 11 heteroatoms.